The van der Waals surface area contributed by atoms with Gasteiger partial charge in [-0.15, -0.1) is 0 Å². The third-order valence-electron chi connectivity index (χ3n) is 2.99. The summed E-state index contributed by atoms with van der Waals surface area (Å²) >= 11 is 0. The molecule has 0 spiro atoms. The Morgan fingerprint density at radius 2 is 1.95 bits per heavy atom. The number of rotatable bonds is 7. The van der Waals surface area contributed by atoms with Crippen LogP contribution >= 0.6 is 0 Å². The van der Waals surface area contributed by atoms with Crippen LogP contribution in [0.25, 0.3) is 0 Å². The normalized spacial score (nSPS) is 13.6. The summed E-state index contributed by atoms with van der Waals surface area (Å²) in [6.45, 7) is 5.99. The number of hydrogen-bond donors (Lipinski definition) is 2. The standard InChI is InChI=1S/C13H20F2N2O3S/c1-4-20-7-10(8(2)3)17-21(18,19)11-6-5-9(14)13(16)12(11)15/h5-6,8,10,17H,4,7,16H2,1-3H3. The largest absolute Gasteiger partial charge is 0.394 e. The summed E-state index contributed by atoms with van der Waals surface area (Å²) in [4.78, 5) is -0.677. The predicted octanol–water partition coefficient (Wildman–Crippen LogP) is 1.89. The van der Waals surface area contributed by atoms with Gasteiger partial charge in [0.2, 0.25) is 10.0 Å². The molecule has 21 heavy (non-hydrogen) atoms. The Balaban J connectivity index is 3.08. The van der Waals surface area contributed by atoms with Crippen LogP contribution in [-0.4, -0.2) is 27.7 Å². The number of nitrogens with one attached hydrogen (secondary N) is 1. The van der Waals surface area contributed by atoms with E-state index in [9.17, 15) is 17.2 Å². The van der Waals surface area contributed by atoms with Gasteiger partial charge in [0.25, 0.3) is 0 Å². The average Bonchev–Trinajstić information content (AvgIpc) is 2.40. The maximum absolute atomic E-state index is 13.8. The number of hydrogen-bond acceptors (Lipinski definition) is 4. The Labute approximate surface area is 123 Å². The van der Waals surface area contributed by atoms with E-state index in [2.05, 4.69) is 4.72 Å². The Morgan fingerprint density at radius 3 is 2.48 bits per heavy atom. The zero-order valence-corrected chi connectivity index (χ0v) is 13.0. The fourth-order valence-corrected chi connectivity index (χ4v) is 3.09. The zero-order valence-electron chi connectivity index (χ0n) is 12.2. The summed E-state index contributed by atoms with van der Waals surface area (Å²) in [6, 6.07) is 1.14. The quantitative estimate of drug-likeness (QED) is 0.751. The first kappa shape index (κ1) is 17.8. The Hall–Kier alpha value is -1.25. The Kier molecular flexibility index (Phi) is 6.06. The van der Waals surface area contributed by atoms with Crippen LogP contribution in [0.5, 0.6) is 0 Å². The van der Waals surface area contributed by atoms with Crippen LogP contribution in [0.2, 0.25) is 0 Å². The van der Waals surface area contributed by atoms with Crippen LogP contribution in [0, 0.1) is 17.6 Å². The van der Waals surface area contributed by atoms with Gasteiger partial charge in [-0.2, -0.15) is 0 Å². The second-order valence-electron chi connectivity index (χ2n) is 4.90. The minimum atomic E-state index is -4.16. The molecule has 0 aliphatic heterocycles. The van der Waals surface area contributed by atoms with E-state index in [0.29, 0.717) is 6.61 Å². The lowest BCUT2D eigenvalue weighted by Gasteiger charge is -2.22. The van der Waals surface area contributed by atoms with Crippen LogP contribution < -0.4 is 10.5 Å². The number of sulfonamides is 1. The molecule has 5 nitrogen and oxygen atoms in total. The summed E-state index contributed by atoms with van der Waals surface area (Å²) in [6.07, 6.45) is 0. The maximum Gasteiger partial charge on any atom is 0.243 e. The van der Waals surface area contributed by atoms with Gasteiger partial charge in [0.05, 0.1) is 6.61 Å². The van der Waals surface area contributed by atoms with Crippen molar-refractivity contribution in [1.82, 2.24) is 4.72 Å². The van der Waals surface area contributed by atoms with E-state index >= 15 is 0 Å². The highest BCUT2D eigenvalue weighted by atomic mass is 32.2. The molecule has 0 heterocycles. The van der Waals surface area contributed by atoms with Gasteiger partial charge in [0.15, 0.2) is 5.82 Å². The molecule has 1 unspecified atom stereocenters. The third-order valence-corrected chi connectivity index (χ3v) is 4.50. The molecule has 0 radical (unpaired) electrons. The molecule has 0 saturated heterocycles. The van der Waals surface area contributed by atoms with Crippen molar-refractivity contribution in [2.24, 2.45) is 5.92 Å². The molecule has 1 aromatic carbocycles. The minimum Gasteiger partial charge on any atom is -0.394 e. The zero-order chi connectivity index (χ0) is 16.2. The fourth-order valence-electron chi connectivity index (χ4n) is 1.63. The second kappa shape index (κ2) is 7.15. The van der Waals surface area contributed by atoms with Crippen LogP contribution in [0.4, 0.5) is 14.5 Å². The summed E-state index contributed by atoms with van der Waals surface area (Å²) in [5.74, 6) is -2.35. The molecule has 0 aliphatic rings. The topological polar surface area (TPSA) is 81.4 Å². The summed E-state index contributed by atoms with van der Waals surface area (Å²) < 4.78 is 58.9. The summed E-state index contributed by atoms with van der Waals surface area (Å²) in [5, 5.41) is 0. The lowest BCUT2D eigenvalue weighted by atomic mass is 10.1. The molecule has 120 valence electrons. The van der Waals surface area contributed by atoms with Crippen molar-refractivity contribution in [3.63, 3.8) is 0 Å². The monoisotopic (exact) mass is 322 g/mol. The number of nitrogen functional groups attached to an aromatic ring is 1. The van der Waals surface area contributed by atoms with Gasteiger partial charge in [-0.3, -0.25) is 0 Å². The molecule has 1 aromatic rings. The predicted molar refractivity (Wildman–Crippen MR) is 76.2 cm³/mol. The highest BCUT2D eigenvalue weighted by Crippen LogP contribution is 2.23. The number of ether oxygens (including phenoxy) is 1. The average molecular weight is 322 g/mol. The number of halogens is 2. The minimum absolute atomic E-state index is 0.0628. The lowest BCUT2D eigenvalue weighted by Crippen LogP contribution is -2.42. The molecule has 0 saturated carbocycles. The molecule has 0 aromatic heterocycles. The van der Waals surface area contributed by atoms with Gasteiger partial charge in [-0.1, -0.05) is 13.8 Å². The molecule has 0 amide bonds. The SMILES string of the molecule is CCOCC(NS(=O)(=O)c1ccc(F)c(N)c1F)C(C)C. The summed E-state index contributed by atoms with van der Waals surface area (Å²) in [7, 11) is -4.16. The molecule has 1 rings (SSSR count). The van der Waals surface area contributed by atoms with Crippen molar-refractivity contribution in [1.29, 1.82) is 0 Å². The van der Waals surface area contributed by atoms with E-state index in [-0.39, 0.29) is 12.5 Å². The van der Waals surface area contributed by atoms with E-state index in [1.807, 2.05) is 13.8 Å². The van der Waals surface area contributed by atoms with Crippen LogP contribution in [0.15, 0.2) is 17.0 Å². The van der Waals surface area contributed by atoms with Crippen molar-refractivity contribution >= 4 is 15.7 Å². The Morgan fingerprint density at radius 1 is 1.33 bits per heavy atom. The highest BCUT2D eigenvalue weighted by Gasteiger charge is 2.27. The molecule has 8 heteroatoms. The first-order chi connectivity index (χ1) is 9.70. The van der Waals surface area contributed by atoms with E-state index in [1.54, 1.807) is 6.92 Å². The van der Waals surface area contributed by atoms with E-state index in [1.165, 1.54) is 0 Å². The molecule has 0 fully saturated rings. The van der Waals surface area contributed by atoms with E-state index < -0.39 is 38.3 Å². The molecule has 3 N–H and O–H groups in total. The van der Waals surface area contributed by atoms with Crippen LogP contribution in [0.1, 0.15) is 20.8 Å². The van der Waals surface area contributed by atoms with Gasteiger partial charge in [-0.25, -0.2) is 21.9 Å². The van der Waals surface area contributed by atoms with Gasteiger partial charge in [-0.05, 0) is 25.0 Å². The van der Waals surface area contributed by atoms with Gasteiger partial charge in [0.1, 0.15) is 16.4 Å². The van der Waals surface area contributed by atoms with Gasteiger partial charge >= 0.3 is 0 Å². The van der Waals surface area contributed by atoms with Crippen molar-refractivity contribution < 1.29 is 21.9 Å². The first-order valence-electron chi connectivity index (χ1n) is 6.54. The number of anilines is 1. The first-order valence-corrected chi connectivity index (χ1v) is 8.02. The smallest absolute Gasteiger partial charge is 0.243 e. The highest BCUT2D eigenvalue weighted by molar-refractivity contribution is 7.89. The van der Waals surface area contributed by atoms with Gasteiger partial charge in [0, 0.05) is 12.6 Å². The van der Waals surface area contributed by atoms with E-state index in [0.717, 1.165) is 12.1 Å². The summed E-state index contributed by atoms with van der Waals surface area (Å²) in [5.41, 5.74) is 4.37. The van der Waals surface area contributed by atoms with Crippen molar-refractivity contribution in [3.8, 4) is 0 Å². The third kappa shape index (κ3) is 4.36. The lowest BCUT2D eigenvalue weighted by molar-refractivity contribution is 0.116. The maximum atomic E-state index is 13.8. The van der Waals surface area contributed by atoms with Crippen molar-refractivity contribution in [2.75, 3.05) is 18.9 Å². The van der Waals surface area contributed by atoms with E-state index in [4.69, 9.17) is 10.5 Å². The van der Waals surface area contributed by atoms with Crippen molar-refractivity contribution in [2.45, 2.75) is 31.7 Å². The number of benzene rings is 1. The van der Waals surface area contributed by atoms with Crippen molar-refractivity contribution in [3.05, 3.63) is 23.8 Å². The molecule has 0 bridgehead atoms. The second-order valence-corrected chi connectivity index (χ2v) is 6.59. The number of nitrogens with two attached hydrogens (primary N) is 1. The van der Waals surface area contributed by atoms with Crippen LogP contribution in [0.3, 0.4) is 0 Å². The van der Waals surface area contributed by atoms with Gasteiger partial charge < -0.3 is 10.5 Å². The molecular weight excluding hydrogens is 302 g/mol. The molecule has 0 aliphatic carbocycles. The van der Waals surface area contributed by atoms with Crippen LogP contribution in [-0.2, 0) is 14.8 Å². The molecular formula is C13H20F2N2O3S. The Bertz CT molecular complexity index is 591. The fraction of sp³-hybridized carbons (Fsp3) is 0.538. The molecule has 1 atom stereocenters.